The van der Waals surface area contributed by atoms with Crippen molar-refractivity contribution >= 4 is 17.3 Å². The first-order chi connectivity index (χ1) is 12.8. The van der Waals surface area contributed by atoms with E-state index in [0.29, 0.717) is 22.5 Å². The molecule has 126 valence electrons. The van der Waals surface area contributed by atoms with Gasteiger partial charge in [-0.25, -0.2) is 0 Å². The molecule has 26 heavy (non-hydrogen) atoms. The Kier molecular flexibility index (Phi) is 4.53. The van der Waals surface area contributed by atoms with E-state index in [2.05, 4.69) is 10.1 Å². The van der Waals surface area contributed by atoms with Crippen molar-refractivity contribution in [2.75, 3.05) is 0 Å². The molecule has 0 saturated carbocycles. The lowest BCUT2D eigenvalue weighted by molar-refractivity contribution is 0.432. The second-order valence-corrected chi connectivity index (χ2v) is 5.94. The van der Waals surface area contributed by atoms with E-state index in [0.717, 1.165) is 16.7 Å². The monoisotopic (exact) mass is 358 g/mol. The zero-order chi connectivity index (χ0) is 17.8. The van der Waals surface area contributed by atoms with E-state index in [9.17, 15) is 0 Å². The van der Waals surface area contributed by atoms with Crippen LogP contribution >= 0.6 is 12.2 Å². The Balaban J connectivity index is 1.50. The number of hydrogen-bond acceptors (Lipinski definition) is 5. The van der Waals surface area contributed by atoms with Crippen LogP contribution in [0.3, 0.4) is 0 Å². The summed E-state index contributed by atoms with van der Waals surface area (Å²) < 4.78 is 11.1. The molecule has 0 N–H and O–H groups in total. The van der Waals surface area contributed by atoms with Crippen LogP contribution in [-0.4, -0.2) is 15.2 Å². The average molecular weight is 358 g/mol. The largest absolute Gasteiger partial charge is 0.445 e. The zero-order valence-corrected chi connectivity index (χ0v) is 14.5. The van der Waals surface area contributed by atoms with Gasteiger partial charge in [0.1, 0.15) is 5.75 Å². The molecule has 0 saturated heterocycles. The number of ether oxygens (including phenoxy) is 1. The van der Waals surface area contributed by atoms with Crippen LogP contribution in [0.2, 0.25) is 0 Å². The fourth-order valence-corrected chi connectivity index (χ4v) is 2.68. The standard InChI is InChI=1S/C21H14N2O2S/c26-21(17-9-5-2-6-10-17)24-18-13-11-15(12-14-18)19-22-20(25-23-19)16-7-3-1-4-8-16/h1-14H. The van der Waals surface area contributed by atoms with Crippen molar-refractivity contribution in [1.82, 2.24) is 10.1 Å². The maximum absolute atomic E-state index is 5.73. The van der Waals surface area contributed by atoms with Gasteiger partial charge in [0.15, 0.2) is 5.05 Å². The summed E-state index contributed by atoms with van der Waals surface area (Å²) in [5.74, 6) is 1.68. The number of nitrogens with zero attached hydrogens (tertiary/aromatic N) is 2. The molecule has 4 rings (SSSR count). The maximum Gasteiger partial charge on any atom is 0.258 e. The highest BCUT2D eigenvalue weighted by Crippen LogP contribution is 2.24. The normalized spacial score (nSPS) is 10.5. The predicted molar refractivity (Wildman–Crippen MR) is 104 cm³/mol. The smallest absolute Gasteiger partial charge is 0.258 e. The lowest BCUT2D eigenvalue weighted by atomic mass is 10.2. The van der Waals surface area contributed by atoms with Crippen molar-refractivity contribution in [3.8, 4) is 28.6 Å². The van der Waals surface area contributed by atoms with Gasteiger partial charge in [0, 0.05) is 16.7 Å². The van der Waals surface area contributed by atoms with E-state index >= 15 is 0 Å². The molecule has 0 aliphatic heterocycles. The molecule has 1 aromatic heterocycles. The minimum absolute atomic E-state index is 0.435. The first kappa shape index (κ1) is 16.2. The summed E-state index contributed by atoms with van der Waals surface area (Å²) in [7, 11) is 0. The molecule has 0 unspecified atom stereocenters. The minimum Gasteiger partial charge on any atom is -0.445 e. The Bertz CT molecular complexity index is 1010. The van der Waals surface area contributed by atoms with E-state index in [1.165, 1.54) is 0 Å². The summed E-state index contributed by atoms with van der Waals surface area (Å²) in [6, 6.07) is 26.7. The third-order valence-corrected chi connectivity index (χ3v) is 4.10. The molecular formula is C21H14N2O2S. The van der Waals surface area contributed by atoms with Crippen LogP contribution in [0.4, 0.5) is 0 Å². The van der Waals surface area contributed by atoms with Gasteiger partial charge in [0.25, 0.3) is 5.89 Å². The van der Waals surface area contributed by atoms with Crippen molar-refractivity contribution in [3.05, 3.63) is 90.5 Å². The van der Waals surface area contributed by atoms with Crippen molar-refractivity contribution in [1.29, 1.82) is 0 Å². The number of hydrogen-bond donors (Lipinski definition) is 0. The summed E-state index contributed by atoms with van der Waals surface area (Å²) in [4.78, 5) is 4.44. The Hall–Kier alpha value is -3.31. The summed E-state index contributed by atoms with van der Waals surface area (Å²) >= 11 is 5.32. The third kappa shape index (κ3) is 3.53. The summed E-state index contributed by atoms with van der Waals surface area (Å²) in [5.41, 5.74) is 2.60. The predicted octanol–water partition coefficient (Wildman–Crippen LogP) is 5.16. The average Bonchev–Trinajstić information content (AvgIpc) is 3.20. The molecule has 4 nitrogen and oxygen atoms in total. The first-order valence-corrected chi connectivity index (χ1v) is 8.47. The SMILES string of the molecule is S=C(Oc1ccc(-c2noc(-c3ccccc3)n2)cc1)c1ccccc1. The van der Waals surface area contributed by atoms with Gasteiger partial charge in [-0.05, 0) is 48.6 Å². The summed E-state index contributed by atoms with van der Waals surface area (Å²) in [6.45, 7) is 0. The molecule has 5 heteroatoms. The molecule has 0 fully saturated rings. The van der Waals surface area contributed by atoms with Crippen molar-refractivity contribution in [3.63, 3.8) is 0 Å². The van der Waals surface area contributed by atoms with E-state index in [1.54, 1.807) is 0 Å². The van der Waals surface area contributed by atoms with Crippen LogP contribution in [0, 0.1) is 0 Å². The van der Waals surface area contributed by atoms with E-state index in [4.69, 9.17) is 21.5 Å². The Morgan fingerprint density at radius 1 is 0.769 bits per heavy atom. The topological polar surface area (TPSA) is 48.2 Å². The number of thiocarbonyl (C=S) groups is 1. The fourth-order valence-electron chi connectivity index (χ4n) is 2.45. The van der Waals surface area contributed by atoms with Gasteiger partial charge in [-0.3, -0.25) is 0 Å². The molecule has 0 bridgehead atoms. The highest BCUT2D eigenvalue weighted by atomic mass is 32.1. The van der Waals surface area contributed by atoms with Gasteiger partial charge in [-0.2, -0.15) is 4.98 Å². The van der Waals surface area contributed by atoms with E-state index in [-0.39, 0.29) is 0 Å². The van der Waals surface area contributed by atoms with Gasteiger partial charge in [-0.15, -0.1) is 0 Å². The molecule has 4 aromatic rings. The molecule has 3 aromatic carbocycles. The van der Waals surface area contributed by atoms with Crippen LogP contribution in [0.1, 0.15) is 5.56 Å². The lowest BCUT2D eigenvalue weighted by Crippen LogP contribution is -2.06. The highest BCUT2D eigenvalue weighted by molar-refractivity contribution is 7.80. The number of benzene rings is 3. The molecule has 1 heterocycles. The minimum atomic E-state index is 0.435. The van der Waals surface area contributed by atoms with Gasteiger partial charge >= 0.3 is 0 Å². The van der Waals surface area contributed by atoms with Gasteiger partial charge in [0.2, 0.25) is 5.82 Å². The molecule has 0 aliphatic rings. The van der Waals surface area contributed by atoms with E-state index in [1.807, 2.05) is 84.9 Å². The molecule has 0 aliphatic carbocycles. The summed E-state index contributed by atoms with van der Waals surface area (Å²) in [5, 5.41) is 4.48. The maximum atomic E-state index is 5.73. The van der Waals surface area contributed by atoms with Crippen LogP contribution in [0.25, 0.3) is 22.8 Å². The van der Waals surface area contributed by atoms with Gasteiger partial charge in [-0.1, -0.05) is 53.7 Å². The quantitative estimate of drug-likeness (QED) is 0.472. The number of aromatic nitrogens is 2. The Morgan fingerprint density at radius 2 is 1.42 bits per heavy atom. The second-order valence-electron chi connectivity index (χ2n) is 5.57. The molecule has 0 spiro atoms. The molecule has 0 amide bonds. The molecule has 0 atom stereocenters. The van der Waals surface area contributed by atoms with Crippen molar-refractivity contribution < 1.29 is 9.26 Å². The second kappa shape index (κ2) is 7.29. The lowest BCUT2D eigenvalue weighted by Gasteiger charge is -2.07. The van der Waals surface area contributed by atoms with Crippen LogP contribution in [-0.2, 0) is 0 Å². The Labute approximate surface area is 156 Å². The molecule has 0 radical (unpaired) electrons. The van der Waals surface area contributed by atoms with Crippen LogP contribution in [0.5, 0.6) is 5.75 Å². The van der Waals surface area contributed by atoms with Crippen LogP contribution in [0.15, 0.2) is 89.5 Å². The van der Waals surface area contributed by atoms with Gasteiger partial charge in [0.05, 0.1) is 0 Å². The number of rotatable bonds is 4. The first-order valence-electron chi connectivity index (χ1n) is 8.06. The molecular weight excluding hydrogens is 344 g/mol. The van der Waals surface area contributed by atoms with Gasteiger partial charge < -0.3 is 9.26 Å². The fraction of sp³-hybridized carbons (Fsp3) is 0. The summed E-state index contributed by atoms with van der Waals surface area (Å²) in [6.07, 6.45) is 0. The van der Waals surface area contributed by atoms with Crippen molar-refractivity contribution in [2.45, 2.75) is 0 Å². The zero-order valence-electron chi connectivity index (χ0n) is 13.7. The highest BCUT2D eigenvalue weighted by Gasteiger charge is 2.11. The Morgan fingerprint density at radius 3 is 2.12 bits per heavy atom. The third-order valence-electron chi connectivity index (χ3n) is 3.78. The van der Waals surface area contributed by atoms with E-state index < -0.39 is 0 Å². The van der Waals surface area contributed by atoms with Crippen molar-refractivity contribution in [2.24, 2.45) is 0 Å². The van der Waals surface area contributed by atoms with Crippen LogP contribution < -0.4 is 4.74 Å².